The lowest BCUT2D eigenvalue weighted by molar-refractivity contribution is 0.436. The van der Waals surface area contributed by atoms with Crippen molar-refractivity contribution in [3.8, 4) is 21.8 Å². The summed E-state index contributed by atoms with van der Waals surface area (Å²) in [6.45, 7) is 1.83. The molecular formula is C14H11FN2OS. The first-order valence-corrected chi connectivity index (χ1v) is 6.60. The number of benzene rings is 1. The summed E-state index contributed by atoms with van der Waals surface area (Å²) in [5.74, 6) is 0.657. The van der Waals surface area contributed by atoms with Gasteiger partial charge in [-0.1, -0.05) is 11.2 Å². The number of hydrogen-bond acceptors (Lipinski definition) is 4. The Balaban J connectivity index is 2.21. The Labute approximate surface area is 113 Å². The summed E-state index contributed by atoms with van der Waals surface area (Å²) in [6, 6.07) is 8.44. The van der Waals surface area contributed by atoms with Gasteiger partial charge in [0.15, 0.2) is 11.6 Å². The minimum Gasteiger partial charge on any atom is -0.380 e. The third kappa shape index (κ3) is 2.02. The number of rotatable bonds is 2. The van der Waals surface area contributed by atoms with Gasteiger partial charge in [0.2, 0.25) is 0 Å². The van der Waals surface area contributed by atoms with E-state index in [1.807, 2.05) is 24.4 Å². The normalized spacial score (nSPS) is 10.8. The fourth-order valence-corrected chi connectivity index (χ4v) is 2.80. The second-order valence-corrected chi connectivity index (χ2v) is 5.16. The van der Waals surface area contributed by atoms with Gasteiger partial charge >= 0.3 is 0 Å². The van der Waals surface area contributed by atoms with E-state index >= 15 is 0 Å². The Morgan fingerprint density at radius 2 is 2.16 bits per heavy atom. The van der Waals surface area contributed by atoms with Crippen LogP contribution in [0.5, 0.6) is 0 Å². The maximum Gasteiger partial charge on any atom is 0.178 e. The first-order valence-electron chi connectivity index (χ1n) is 5.72. The van der Waals surface area contributed by atoms with Gasteiger partial charge in [-0.3, -0.25) is 0 Å². The molecular weight excluding hydrogens is 263 g/mol. The number of halogens is 1. The molecule has 2 heterocycles. The van der Waals surface area contributed by atoms with E-state index in [1.165, 1.54) is 12.1 Å². The number of thiophene rings is 1. The molecule has 0 aliphatic rings. The van der Waals surface area contributed by atoms with Crippen LogP contribution in [0.4, 0.5) is 10.2 Å². The minimum atomic E-state index is -0.272. The summed E-state index contributed by atoms with van der Waals surface area (Å²) >= 11 is 1.56. The number of nitrogens with two attached hydrogens (primary N) is 1. The molecule has 2 aromatic heterocycles. The first-order chi connectivity index (χ1) is 9.16. The Morgan fingerprint density at radius 3 is 2.84 bits per heavy atom. The lowest BCUT2D eigenvalue weighted by Gasteiger charge is -2.04. The summed E-state index contributed by atoms with van der Waals surface area (Å²) in [5, 5.41) is 5.79. The molecule has 0 aliphatic heterocycles. The van der Waals surface area contributed by atoms with Crippen molar-refractivity contribution in [2.24, 2.45) is 0 Å². The van der Waals surface area contributed by atoms with Crippen molar-refractivity contribution in [2.75, 3.05) is 5.73 Å². The van der Waals surface area contributed by atoms with Crippen molar-refractivity contribution in [1.82, 2.24) is 5.16 Å². The molecule has 3 rings (SSSR count). The van der Waals surface area contributed by atoms with Crippen LogP contribution in [-0.2, 0) is 0 Å². The van der Waals surface area contributed by atoms with E-state index in [1.54, 1.807) is 17.4 Å². The highest BCUT2D eigenvalue weighted by atomic mass is 32.1. The van der Waals surface area contributed by atoms with E-state index < -0.39 is 0 Å². The Hall–Kier alpha value is -2.14. The average molecular weight is 274 g/mol. The van der Waals surface area contributed by atoms with Crippen LogP contribution in [0.2, 0.25) is 0 Å². The molecule has 0 bridgehead atoms. The molecule has 1 aromatic carbocycles. The number of anilines is 1. The number of aromatic nitrogens is 1. The minimum absolute atomic E-state index is 0.272. The smallest absolute Gasteiger partial charge is 0.178 e. The van der Waals surface area contributed by atoms with Gasteiger partial charge in [-0.15, -0.1) is 11.3 Å². The van der Waals surface area contributed by atoms with Crippen LogP contribution in [0.15, 0.2) is 40.2 Å². The molecule has 0 saturated carbocycles. The van der Waals surface area contributed by atoms with Gasteiger partial charge in [0.25, 0.3) is 0 Å². The molecule has 0 fully saturated rings. The highest BCUT2D eigenvalue weighted by Crippen LogP contribution is 2.39. The summed E-state index contributed by atoms with van der Waals surface area (Å²) in [5.41, 5.74) is 8.23. The molecule has 3 nitrogen and oxygen atoms in total. The van der Waals surface area contributed by atoms with Crippen molar-refractivity contribution in [2.45, 2.75) is 6.92 Å². The lowest BCUT2D eigenvalue weighted by Crippen LogP contribution is -1.88. The van der Waals surface area contributed by atoms with Crippen LogP contribution in [-0.4, -0.2) is 5.16 Å². The van der Waals surface area contributed by atoms with Crippen LogP contribution in [0.3, 0.4) is 0 Å². The van der Waals surface area contributed by atoms with Crippen LogP contribution >= 0.6 is 11.3 Å². The van der Waals surface area contributed by atoms with E-state index in [0.29, 0.717) is 11.6 Å². The zero-order valence-electron chi connectivity index (χ0n) is 10.2. The second kappa shape index (κ2) is 4.51. The standard InChI is InChI=1S/C14H11FN2OS/c1-8-7-9(15)4-5-10(8)13-12(14(16)17-18-13)11-3-2-6-19-11/h2-7H,1H3,(H2,16,17). The van der Waals surface area contributed by atoms with Gasteiger partial charge in [0.1, 0.15) is 5.82 Å². The average Bonchev–Trinajstić information content (AvgIpc) is 2.98. The largest absolute Gasteiger partial charge is 0.380 e. The topological polar surface area (TPSA) is 52.0 Å². The van der Waals surface area contributed by atoms with Gasteiger partial charge in [0.05, 0.1) is 5.56 Å². The van der Waals surface area contributed by atoms with Crippen molar-refractivity contribution < 1.29 is 8.91 Å². The van der Waals surface area contributed by atoms with Crippen molar-refractivity contribution >= 4 is 17.2 Å². The molecule has 0 saturated heterocycles. The molecule has 3 aromatic rings. The molecule has 0 aliphatic carbocycles. The zero-order valence-corrected chi connectivity index (χ0v) is 11.0. The second-order valence-electron chi connectivity index (χ2n) is 4.21. The maximum absolute atomic E-state index is 13.2. The molecule has 0 unspecified atom stereocenters. The molecule has 5 heteroatoms. The third-order valence-electron chi connectivity index (χ3n) is 2.92. The van der Waals surface area contributed by atoms with E-state index in [4.69, 9.17) is 10.3 Å². The SMILES string of the molecule is Cc1cc(F)ccc1-c1onc(N)c1-c1cccs1. The Morgan fingerprint density at radius 1 is 1.32 bits per heavy atom. The first kappa shape index (κ1) is 11.9. The van der Waals surface area contributed by atoms with Crippen LogP contribution in [0.25, 0.3) is 21.8 Å². The van der Waals surface area contributed by atoms with Crippen molar-refractivity contribution in [3.63, 3.8) is 0 Å². The van der Waals surface area contributed by atoms with Crippen LogP contribution < -0.4 is 5.73 Å². The predicted octanol–water partition coefficient (Wildman–Crippen LogP) is 4.10. The fraction of sp³-hybridized carbons (Fsp3) is 0.0714. The Bertz CT molecular complexity index is 719. The van der Waals surface area contributed by atoms with E-state index in [-0.39, 0.29) is 5.82 Å². The molecule has 96 valence electrons. The summed E-state index contributed by atoms with van der Waals surface area (Å²) in [7, 11) is 0. The van der Waals surface area contributed by atoms with E-state index in [0.717, 1.165) is 21.6 Å². The fourth-order valence-electron chi connectivity index (χ4n) is 2.03. The van der Waals surface area contributed by atoms with Crippen LogP contribution in [0, 0.1) is 12.7 Å². The number of hydrogen-bond donors (Lipinski definition) is 1. The molecule has 0 radical (unpaired) electrons. The highest BCUT2D eigenvalue weighted by Gasteiger charge is 2.19. The molecule has 19 heavy (non-hydrogen) atoms. The predicted molar refractivity (Wildman–Crippen MR) is 74.4 cm³/mol. The lowest BCUT2D eigenvalue weighted by atomic mass is 10.0. The molecule has 0 spiro atoms. The number of aryl methyl sites for hydroxylation is 1. The summed E-state index contributed by atoms with van der Waals surface area (Å²) in [6.07, 6.45) is 0. The monoisotopic (exact) mass is 274 g/mol. The highest BCUT2D eigenvalue weighted by molar-refractivity contribution is 7.13. The van der Waals surface area contributed by atoms with Crippen molar-refractivity contribution in [3.05, 3.63) is 47.1 Å². The van der Waals surface area contributed by atoms with Gasteiger partial charge in [-0.25, -0.2) is 4.39 Å². The molecule has 0 amide bonds. The van der Waals surface area contributed by atoms with Gasteiger partial charge < -0.3 is 10.3 Å². The van der Waals surface area contributed by atoms with Gasteiger partial charge in [0, 0.05) is 10.4 Å². The zero-order chi connectivity index (χ0) is 13.4. The van der Waals surface area contributed by atoms with Crippen molar-refractivity contribution in [1.29, 1.82) is 0 Å². The quantitative estimate of drug-likeness (QED) is 0.765. The number of nitrogen functional groups attached to an aromatic ring is 1. The Kier molecular flexibility index (Phi) is 2.83. The number of nitrogens with zero attached hydrogens (tertiary/aromatic N) is 1. The summed E-state index contributed by atoms with van der Waals surface area (Å²) in [4.78, 5) is 0.984. The molecule has 0 atom stereocenters. The summed E-state index contributed by atoms with van der Waals surface area (Å²) < 4.78 is 18.5. The third-order valence-corrected chi connectivity index (χ3v) is 3.81. The van der Waals surface area contributed by atoms with Crippen LogP contribution in [0.1, 0.15) is 5.56 Å². The van der Waals surface area contributed by atoms with E-state index in [2.05, 4.69) is 5.16 Å². The van der Waals surface area contributed by atoms with E-state index in [9.17, 15) is 4.39 Å². The van der Waals surface area contributed by atoms with Gasteiger partial charge in [-0.05, 0) is 42.1 Å². The van der Waals surface area contributed by atoms with Gasteiger partial charge in [-0.2, -0.15) is 0 Å². The molecule has 2 N–H and O–H groups in total. The maximum atomic E-state index is 13.2.